The minimum atomic E-state index is -0.852. The van der Waals surface area contributed by atoms with Crippen molar-refractivity contribution in [3.63, 3.8) is 0 Å². The van der Waals surface area contributed by atoms with Gasteiger partial charge in [-0.25, -0.2) is 8.78 Å². The summed E-state index contributed by atoms with van der Waals surface area (Å²) in [5, 5.41) is 0. The quantitative estimate of drug-likeness (QED) is 0.437. The number of amides is 1. The van der Waals surface area contributed by atoms with E-state index in [-0.39, 0.29) is 11.8 Å². The molecule has 36 heavy (non-hydrogen) atoms. The molecule has 188 valence electrons. The zero-order chi connectivity index (χ0) is 25.1. The first-order valence-electron chi connectivity index (χ1n) is 13.0. The number of aryl methyl sites for hydroxylation is 2. The standard InChI is InChI=1S/C30H33F2N3O/c1-34(30(36)21-7-3-2-4-8-21)19-24(22-11-12-26(31)27(32)18-22)13-15-35-16-14-29-25(20-35)17-23-9-5-6-10-28(23)33-29/h2-4,7-8,11-12,17-18,24H,5-6,9-10,13-16,19-20H2,1H3. The molecule has 1 aliphatic carbocycles. The Bertz CT molecular complexity index is 1230. The molecule has 5 rings (SSSR count). The van der Waals surface area contributed by atoms with Crippen LogP contribution >= 0.6 is 0 Å². The molecule has 2 aliphatic rings. The van der Waals surface area contributed by atoms with Gasteiger partial charge in [0.25, 0.3) is 5.91 Å². The summed E-state index contributed by atoms with van der Waals surface area (Å²) in [6.45, 7) is 3.03. The maximum Gasteiger partial charge on any atom is 0.253 e. The lowest BCUT2D eigenvalue weighted by atomic mass is 9.91. The van der Waals surface area contributed by atoms with Gasteiger partial charge in [-0.05, 0) is 79.6 Å². The minimum absolute atomic E-state index is 0.0778. The van der Waals surface area contributed by atoms with E-state index in [0.717, 1.165) is 50.9 Å². The van der Waals surface area contributed by atoms with Crippen molar-refractivity contribution in [2.75, 3.05) is 26.7 Å². The van der Waals surface area contributed by atoms with Gasteiger partial charge in [-0.3, -0.25) is 14.7 Å². The first kappa shape index (κ1) is 24.6. The van der Waals surface area contributed by atoms with E-state index in [1.807, 2.05) is 18.2 Å². The van der Waals surface area contributed by atoms with Crippen LogP contribution in [0.4, 0.5) is 8.78 Å². The van der Waals surface area contributed by atoms with E-state index in [1.54, 1.807) is 30.1 Å². The summed E-state index contributed by atoms with van der Waals surface area (Å²) in [7, 11) is 1.77. The molecular weight excluding hydrogens is 456 g/mol. The van der Waals surface area contributed by atoms with Gasteiger partial charge in [0.05, 0.1) is 0 Å². The zero-order valence-corrected chi connectivity index (χ0v) is 20.9. The molecule has 0 bridgehead atoms. The van der Waals surface area contributed by atoms with Crippen molar-refractivity contribution < 1.29 is 13.6 Å². The maximum atomic E-state index is 14.1. The minimum Gasteiger partial charge on any atom is -0.341 e. The van der Waals surface area contributed by atoms with Gasteiger partial charge >= 0.3 is 0 Å². The van der Waals surface area contributed by atoms with Crippen LogP contribution in [-0.4, -0.2) is 47.4 Å². The van der Waals surface area contributed by atoms with Crippen LogP contribution in [0.15, 0.2) is 54.6 Å². The molecule has 1 aliphatic heterocycles. The molecule has 1 amide bonds. The third-order valence-electron chi connectivity index (χ3n) is 7.60. The SMILES string of the molecule is CN(CC(CCN1CCc2nc3c(cc2C1)CCCC3)c1ccc(F)c(F)c1)C(=O)c1ccccc1. The van der Waals surface area contributed by atoms with Crippen molar-refractivity contribution in [2.24, 2.45) is 0 Å². The third kappa shape index (κ3) is 5.49. The van der Waals surface area contributed by atoms with Crippen molar-refractivity contribution in [1.29, 1.82) is 0 Å². The first-order valence-corrected chi connectivity index (χ1v) is 13.0. The molecule has 4 nitrogen and oxygen atoms in total. The van der Waals surface area contributed by atoms with E-state index in [4.69, 9.17) is 4.98 Å². The highest BCUT2D eigenvalue weighted by atomic mass is 19.2. The molecule has 0 saturated carbocycles. The van der Waals surface area contributed by atoms with E-state index in [9.17, 15) is 13.6 Å². The fourth-order valence-electron chi connectivity index (χ4n) is 5.54. The number of hydrogen-bond acceptors (Lipinski definition) is 3. The van der Waals surface area contributed by atoms with E-state index < -0.39 is 11.6 Å². The Morgan fingerprint density at radius 1 is 0.972 bits per heavy atom. The Morgan fingerprint density at radius 3 is 2.56 bits per heavy atom. The number of benzene rings is 2. The van der Waals surface area contributed by atoms with Gasteiger partial charge in [0.2, 0.25) is 0 Å². The number of likely N-dealkylation sites (N-methyl/N-ethyl adjacent to an activating group) is 1. The summed E-state index contributed by atoms with van der Waals surface area (Å²) < 4.78 is 27.8. The smallest absolute Gasteiger partial charge is 0.253 e. The lowest BCUT2D eigenvalue weighted by molar-refractivity contribution is 0.0782. The average molecular weight is 490 g/mol. The van der Waals surface area contributed by atoms with Crippen LogP contribution in [0.25, 0.3) is 0 Å². The second kappa shape index (κ2) is 10.9. The Labute approximate surface area is 212 Å². The fraction of sp³-hybridized carbons (Fsp3) is 0.400. The molecule has 3 aromatic rings. The van der Waals surface area contributed by atoms with Crippen molar-refractivity contribution >= 4 is 5.91 Å². The molecule has 0 N–H and O–H groups in total. The third-order valence-corrected chi connectivity index (χ3v) is 7.60. The number of carbonyl (C=O) groups is 1. The number of pyridine rings is 1. The Kier molecular flexibility index (Phi) is 7.42. The number of fused-ring (bicyclic) bond motifs is 2. The number of aromatic nitrogens is 1. The van der Waals surface area contributed by atoms with Crippen LogP contribution in [0.2, 0.25) is 0 Å². The average Bonchev–Trinajstić information content (AvgIpc) is 2.91. The number of rotatable bonds is 7. The Morgan fingerprint density at radius 2 is 1.75 bits per heavy atom. The predicted octanol–water partition coefficient (Wildman–Crippen LogP) is 5.54. The zero-order valence-electron chi connectivity index (χ0n) is 20.9. The second-order valence-corrected chi connectivity index (χ2v) is 10.1. The number of nitrogens with zero attached hydrogens (tertiary/aromatic N) is 3. The van der Waals surface area contributed by atoms with Gasteiger partial charge < -0.3 is 4.90 Å². The summed E-state index contributed by atoms with van der Waals surface area (Å²) in [5.41, 5.74) is 6.59. The van der Waals surface area contributed by atoms with Gasteiger partial charge in [0.15, 0.2) is 11.6 Å². The van der Waals surface area contributed by atoms with Crippen LogP contribution in [0.5, 0.6) is 0 Å². The monoisotopic (exact) mass is 489 g/mol. The van der Waals surface area contributed by atoms with E-state index in [1.165, 1.54) is 47.5 Å². The van der Waals surface area contributed by atoms with Crippen LogP contribution in [0, 0.1) is 11.6 Å². The number of halogens is 2. The first-order chi connectivity index (χ1) is 17.5. The Balaban J connectivity index is 1.29. The lowest BCUT2D eigenvalue weighted by Gasteiger charge is -2.32. The summed E-state index contributed by atoms with van der Waals surface area (Å²) in [4.78, 5) is 22.1. The molecule has 0 saturated heterocycles. The highest BCUT2D eigenvalue weighted by Crippen LogP contribution is 2.28. The van der Waals surface area contributed by atoms with Crippen LogP contribution in [0.3, 0.4) is 0 Å². The van der Waals surface area contributed by atoms with E-state index >= 15 is 0 Å². The highest BCUT2D eigenvalue weighted by molar-refractivity contribution is 5.94. The van der Waals surface area contributed by atoms with E-state index in [0.29, 0.717) is 12.1 Å². The van der Waals surface area contributed by atoms with Crippen LogP contribution < -0.4 is 0 Å². The summed E-state index contributed by atoms with van der Waals surface area (Å²) in [6.07, 6.45) is 6.36. The second-order valence-electron chi connectivity index (χ2n) is 10.1. The molecule has 1 atom stereocenters. The lowest BCUT2D eigenvalue weighted by Crippen LogP contribution is -2.35. The summed E-state index contributed by atoms with van der Waals surface area (Å²) >= 11 is 0. The molecule has 6 heteroatoms. The number of carbonyl (C=O) groups excluding carboxylic acids is 1. The van der Waals surface area contributed by atoms with Gasteiger partial charge in [-0.2, -0.15) is 0 Å². The maximum absolute atomic E-state index is 14.1. The highest BCUT2D eigenvalue weighted by Gasteiger charge is 2.24. The fourth-order valence-corrected chi connectivity index (χ4v) is 5.54. The number of hydrogen-bond donors (Lipinski definition) is 0. The largest absolute Gasteiger partial charge is 0.341 e. The van der Waals surface area contributed by atoms with E-state index in [2.05, 4.69) is 11.0 Å². The van der Waals surface area contributed by atoms with Crippen LogP contribution in [0.1, 0.15) is 63.6 Å². The van der Waals surface area contributed by atoms with Gasteiger partial charge in [0.1, 0.15) is 0 Å². The molecular formula is C30H33F2N3O. The van der Waals surface area contributed by atoms with Crippen LogP contribution in [-0.2, 0) is 25.8 Å². The van der Waals surface area contributed by atoms with Crippen molar-refractivity contribution in [2.45, 2.75) is 51.0 Å². The normalized spacial score (nSPS) is 16.2. The summed E-state index contributed by atoms with van der Waals surface area (Å²) in [6, 6.07) is 15.6. The molecule has 2 aromatic carbocycles. The Hall–Kier alpha value is -3.12. The topological polar surface area (TPSA) is 36.4 Å². The van der Waals surface area contributed by atoms with Crippen molar-refractivity contribution in [3.05, 3.63) is 99.9 Å². The molecule has 0 spiro atoms. The van der Waals surface area contributed by atoms with Crippen molar-refractivity contribution in [3.8, 4) is 0 Å². The van der Waals surface area contributed by atoms with Crippen molar-refractivity contribution in [1.82, 2.24) is 14.8 Å². The molecule has 0 radical (unpaired) electrons. The molecule has 1 aromatic heterocycles. The van der Waals surface area contributed by atoms with Gasteiger partial charge in [0, 0.05) is 56.0 Å². The van der Waals surface area contributed by atoms with Gasteiger partial charge in [-0.15, -0.1) is 0 Å². The predicted molar refractivity (Wildman–Crippen MR) is 137 cm³/mol. The summed E-state index contributed by atoms with van der Waals surface area (Å²) in [5.74, 6) is -1.89. The molecule has 0 fully saturated rings. The van der Waals surface area contributed by atoms with Gasteiger partial charge in [-0.1, -0.05) is 30.3 Å². The molecule has 2 heterocycles. The molecule has 1 unspecified atom stereocenters.